The van der Waals surface area contributed by atoms with Crippen molar-refractivity contribution >= 4 is 31.5 Å². The summed E-state index contributed by atoms with van der Waals surface area (Å²) < 4.78 is 2.59. The predicted molar refractivity (Wildman–Crippen MR) is 229 cm³/mol. The minimum Gasteiger partial charge on any atom is -0.248 e. The van der Waals surface area contributed by atoms with Gasteiger partial charge in [0, 0.05) is 48.0 Å². The summed E-state index contributed by atoms with van der Waals surface area (Å²) in [6.45, 7) is 0. The van der Waals surface area contributed by atoms with Gasteiger partial charge in [0.05, 0.1) is 11.4 Å². The number of thiophene rings is 1. The lowest BCUT2D eigenvalue weighted by Gasteiger charge is -2.14. The van der Waals surface area contributed by atoms with Gasteiger partial charge in [-0.15, -0.1) is 11.3 Å². The second kappa shape index (κ2) is 14.0. The second-order valence-electron chi connectivity index (χ2n) is 13.4. The van der Waals surface area contributed by atoms with E-state index >= 15 is 0 Å². The molecule has 3 aromatic heterocycles. The Kier molecular flexibility index (Phi) is 8.32. The average molecular weight is 721 g/mol. The minimum atomic E-state index is 0.590. The Bertz CT molecular complexity index is 2900. The van der Waals surface area contributed by atoms with Crippen LogP contribution in [0.4, 0.5) is 0 Å². The largest absolute Gasteiger partial charge is 0.248 e. The molecule has 0 atom stereocenters. The van der Waals surface area contributed by atoms with Gasteiger partial charge < -0.3 is 0 Å². The van der Waals surface area contributed by atoms with E-state index in [-0.39, 0.29) is 0 Å². The first kappa shape index (κ1) is 32.6. The molecule has 10 rings (SSSR count). The molecule has 0 unspecified atom stereocenters. The fraction of sp³-hybridized carbons (Fsp3) is 0. The summed E-state index contributed by atoms with van der Waals surface area (Å²) in [6.07, 6.45) is 0. The molecule has 5 heteroatoms. The van der Waals surface area contributed by atoms with Crippen LogP contribution in [0.1, 0.15) is 0 Å². The third kappa shape index (κ3) is 6.27. The van der Waals surface area contributed by atoms with Gasteiger partial charge in [0.1, 0.15) is 0 Å². The molecule has 0 bridgehead atoms. The van der Waals surface area contributed by atoms with Crippen molar-refractivity contribution in [3.63, 3.8) is 0 Å². The Labute approximate surface area is 323 Å². The van der Waals surface area contributed by atoms with Crippen molar-refractivity contribution in [2.75, 3.05) is 0 Å². The first-order valence-electron chi connectivity index (χ1n) is 18.3. The van der Waals surface area contributed by atoms with Crippen molar-refractivity contribution in [3.8, 4) is 78.9 Å². The van der Waals surface area contributed by atoms with Crippen molar-refractivity contribution in [2.45, 2.75) is 0 Å². The number of nitrogens with zero attached hydrogens (tertiary/aromatic N) is 4. The molecular weight excluding hydrogens is 689 g/mol. The Morgan fingerprint density at radius 1 is 0.291 bits per heavy atom. The zero-order valence-corrected chi connectivity index (χ0v) is 30.5. The summed E-state index contributed by atoms with van der Waals surface area (Å²) >= 11 is 1.84. The second-order valence-corrected chi connectivity index (χ2v) is 14.5. The molecule has 4 nitrogen and oxygen atoms in total. The Hall–Kier alpha value is -7.08. The molecular formula is C50H32N4S. The van der Waals surface area contributed by atoms with Crippen molar-refractivity contribution in [1.82, 2.24) is 19.9 Å². The Morgan fingerprint density at radius 3 is 1.53 bits per heavy atom. The third-order valence-electron chi connectivity index (χ3n) is 9.97. The number of fused-ring (bicyclic) bond motifs is 3. The number of benzene rings is 7. The van der Waals surface area contributed by atoms with E-state index in [1.54, 1.807) is 0 Å². The molecule has 55 heavy (non-hydrogen) atoms. The SMILES string of the molecule is c1ccc(-c2cc(-c3ccccc3)nc(-c3ccccc3-c3nc(-c4ccccc4)nc(-c4ccc(-c5cccc6c5sc5ccccc56)cc4)n3)c2)cc1. The smallest absolute Gasteiger partial charge is 0.164 e. The standard InChI is InChI=1S/C50H32N4S/c1-4-15-33(16-5-1)38-31-44(35-17-6-2-7-18-35)51-45(32-38)40-21-10-11-23-43(40)50-53-48(36-19-8-3-9-20-36)52-49(54-50)37-29-27-34(28-30-37)39-24-14-25-42-41-22-12-13-26-46(41)55-47(39)42/h1-32H. The van der Waals surface area contributed by atoms with E-state index in [0.717, 1.165) is 55.9 Å². The van der Waals surface area contributed by atoms with E-state index in [0.29, 0.717) is 17.5 Å². The summed E-state index contributed by atoms with van der Waals surface area (Å²) in [5.74, 6) is 1.82. The summed E-state index contributed by atoms with van der Waals surface area (Å²) in [6, 6.07) is 67.3. The minimum absolute atomic E-state index is 0.590. The third-order valence-corrected chi connectivity index (χ3v) is 11.2. The molecule has 0 spiro atoms. The van der Waals surface area contributed by atoms with Crippen molar-refractivity contribution in [2.24, 2.45) is 0 Å². The van der Waals surface area contributed by atoms with Crippen LogP contribution < -0.4 is 0 Å². The van der Waals surface area contributed by atoms with Gasteiger partial charge in [-0.2, -0.15) is 0 Å². The van der Waals surface area contributed by atoms with Gasteiger partial charge in [0.2, 0.25) is 0 Å². The van der Waals surface area contributed by atoms with Crippen LogP contribution in [0.5, 0.6) is 0 Å². The topological polar surface area (TPSA) is 51.6 Å². The summed E-state index contributed by atoms with van der Waals surface area (Å²) in [5, 5.41) is 2.58. The highest BCUT2D eigenvalue weighted by Gasteiger charge is 2.18. The molecule has 0 radical (unpaired) electrons. The molecule has 0 fully saturated rings. The van der Waals surface area contributed by atoms with Gasteiger partial charge in [0.25, 0.3) is 0 Å². The van der Waals surface area contributed by atoms with E-state index < -0.39 is 0 Å². The molecule has 0 aliphatic heterocycles. The van der Waals surface area contributed by atoms with Crippen LogP contribution in [0.15, 0.2) is 194 Å². The van der Waals surface area contributed by atoms with E-state index in [9.17, 15) is 0 Å². The normalized spacial score (nSPS) is 11.3. The van der Waals surface area contributed by atoms with Gasteiger partial charge in [-0.05, 0) is 40.5 Å². The molecule has 0 aliphatic rings. The zero-order valence-electron chi connectivity index (χ0n) is 29.7. The molecule has 7 aromatic carbocycles. The maximum absolute atomic E-state index is 5.25. The lowest BCUT2D eigenvalue weighted by Crippen LogP contribution is -2.01. The van der Waals surface area contributed by atoms with Crippen LogP contribution in [0, 0.1) is 0 Å². The first-order chi connectivity index (χ1) is 27.2. The molecule has 3 heterocycles. The van der Waals surface area contributed by atoms with E-state index in [1.165, 1.54) is 25.7 Å². The van der Waals surface area contributed by atoms with Gasteiger partial charge in [-0.1, -0.05) is 176 Å². The van der Waals surface area contributed by atoms with E-state index in [1.807, 2.05) is 78.1 Å². The van der Waals surface area contributed by atoms with Crippen molar-refractivity contribution in [3.05, 3.63) is 194 Å². The summed E-state index contributed by atoms with van der Waals surface area (Å²) in [4.78, 5) is 20.6. The fourth-order valence-corrected chi connectivity index (χ4v) is 8.48. The van der Waals surface area contributed by atoms with Crippen LogP contribution in [0.25, 0.3) is 99.1 Å². The molecule has 0 saturated carbocycles. The first-order valence-corrected chi connectivity index (χ1v) is 19.1. The van der Waals surface area contributed by atoms with Gasteiger partial charge >= 0.3 is 0 Å². The van der Waals surface area contributed by atoms with Crippen LogP contribution in [0.3, 0.4) is 0 Å². The van der Waals surface area contributed by atoms with Crippen LogP contribution >= 0.6 is 11.3 Å². The highest BCUT2D eigenvalue weighted by Crippen LogP contribution is 2.40. The number of aromatic nitrogens is 4. The number of pyridine rings is 1. The molecule has 10 aromatic rings. The number of hydrogen-bond donors (Lipinski definition) is 0. The van der Waals surface area contributed by atoms with Gasteiger partial charge in [0.15, 0.2) is 17.5 Å². The van der Waals surface area contributed by atoms with Gasteiger partial charge in [-0.25, -0.2) is 19.9 Å². The van der Waals surface area contributed by atoms with E-state index in [4.69, 9.17) is 19.9 Å². The highest BCUT2D eigenvalue weighted by atomic mass is 32.1. The van der Waals surface area contributed by atoms with Crippen molar-refractivity contribution < 1.29 is 0 Å². The average Bonchev–Trinajstić information content (AvgIpc) is 3.66. The molecule has 0 saturated heterocycles. The molecule has 258 valence electrons. The Morgan fingerprint density at radius 2 is 0.800 bits per heavy atom. The number of rotatable bonds is 7. The van der Waals surface area contributed by atoms with E-state index in [2.05, 4.69) is 127 Å². The molecule has 0 aliphatic carbocycles. The molecule has 0 N–H and O–H groups in total. The fourth-order valence-electron chi connectivity index (χ4n) is 7.24. The maximum Gasteiger partial charge on any atom is 0.164 e. The van der Waals surface area contributed by atoms with Crippen LogP contribution in [-0.4, -0.2) is 19.9 Å². The molecule has 0 amide bonds. The zero-order chi connectivity index (χ0) is 36.6. The highest BCUT2D eigenvalue weighted by molar-refractivity contribution is 7.26. The van der Waals surface area contributed by atoms with Crippen molar-refractivity contribution in [1.29, 1.82) is 0 Å². The summed E-state index contributed by atoms with van der Waals surface area (Å²) in [5.41, 5.74) is 11.1. The summed E-state index contributed by atoms with van der Waals surface area (Å²) in [7, 11) is 0. The Balaban J connectivity index is 1.11. The maximum atomic E-state index is 5.25. The number of hydrogen-bond acceptors (Lipinski definition) is 5. The van der Waals surface area contributed by atoms with Crippen LogP contribution in [-0.2, 0) is 0 Å². The predicted octanol–water partition coefficient (Wildman–Crippen LogP) is 13.3. The quantitative estimate of drug-likeness (QED) is 0.164. The lowest BCUT2D eigenvalue weighted by atomic mass is 9.97. The monoisotopic (exact) mass is 720 g/mol. The van der Waals surface area contributed by atoms with Gasteiger partial charge in [-0.3, -0.25) is 0 Å². The lowest BCUT2D eigenvalue weighted by molar-refractivity contribution is 1.07. The van der Waals surface area contributed by atoms with Crippen LogP contribution in [0.2, 0.25) is 0 Å².